The van der Waals surface area contributed by atoms with E-state index in [1.165, 1.54) is 0 Å². The highest BCUT2D eigenvalue weighted by molar-refractivity contribution is 5.91. The molecule has 0 aliphatic carbocycles. The zero-order chi connectivity index (χ0) is 18.0. The minimum Gasteiger partial charge on any atom is -0.489 e. The summed E-state index contributed by atoms with van der Waals surface area (Å²) in [7, 11) is 0. The van der Waals surface area contributed by atoms with Gasteiger partial charge in [-0.2, -0.15) is 0 Å². The minimum absolute atomic E-state index is 0.469. The van der Waals surface area contributed by atoms with Gasteiger partial charge in [0.25, 0.3) is 0 Å². The lowest BCUT2D eigenvalue weighted by Crippen LogP contribution is -1.96. The fourth-order valence-electron chi connectivity index (χ4n) is 2.52. The molecule has 0 radical (unpaired) electrons. The highest BCUT2D eigenvalue weighted by Crippen LogP contribution is 2.21. The highest BCUT2D eigenvalue weighted by atomic mass is 16.5. The minimum atomic E-state index is 0.469. The van der Waals surface area contributed by atoms with E-state index >= 15 is 0 Å². The van der Waals surface area contributed by atoms with Crippen molar-refractivity contribution in [2.24, 2.45) is 4.99 Å². The van der Waals surface area contributed by atoms with Crippen LogP contribution in [0.15, 0.2) is 103 Å². The molecule has 2 heteroatoms. The van der Waals surface area contributed by atoms with Gasteiger partial charge in [0.15, 0.2) is 0 Å². The Balaban J connectivity index is 1.95. The Bertz CT molecular complexity index is 896. The van der Waals surface area contributed by atoms with Gasteiger partial charge in [0, 0.05) is 17.3 Å². The second kappa shape index (κ2) is 9.19. The van der Waals surface area contributed by atoms with Crippen LogP contribution < -0.4 is 4.74 Å². The normalized spacial score (nSPS) is 11.5. The van der Waals surface area contributed by atoms with E-state index in [9.17, 15) is 0 Å². The van der Waals surface area contributed by atoms with Gasteiger partial charge in [-0.15, -0.1) is 0 Å². The smallest absolute Gasteiger partial charge is 0.128 e. The third-order valence-electron chi connectivity index (χ3n) is 3.79. The van der Waals surface area contributed by atoms with Crippen molar-refractivity contribution >= 4 is 18.0 Å². The molecule has 0 spiro atoms. The molecule has 26 heavy (non-hydrogen) atoms. The van der Waals surface area contributed by atoms with Crippen LogP contribution in [0.3, 0.4) is 0 Å². The van der Waals surface area contributed by atoms with Gasteiger partial charge >= 0.3 is 0 Å². The molecule has 0 amide bonds. The fraction of sp³-hybridized carbons (Fsp3) is 0.0417. The zero-order valence-corrected chi connectivity index (χ0v) is 14.6. The fourth-order valence-corrected chi connectivity index (χ4v) is 2.52. The van der Waals surface area contributed by atoms with E-state index in [2.05, 4.69) is 36.9 Å². The molecule has 3 rings (SSSR count). The summed E-state index contributed by atoms with van der Waals surface area (Å²) in [6.45, 7) is 4.17. The van der Waals surface area contributed by atoms with Gasteiger partial charge in [-0.3, -0.25) is 4.99 Å². The Morgan fingerprint density at radius 1 is 0.846 bits per heavy atom. The van der Waals surface area contributed by atoms with E-state index < -0.39 is 0 Å². The van der Waals surface area contributed by atoms with Crippen molar-refractivity contribution in [1.82, 2.24) is 0 Å². The molecule has 3 aromatic carbocycles. The first-order valence-electron chi connectivity index (χ1n) is 8.56. The first kappa shape index (κ1) is 17.4. The van der Waals surface area contributed by atoms with Crippen LogP contribution in [-0.2, 0) is 0 Å². The van der Waals surface area contributed by atoms with Crippen LogP contribution in [0.25, 0.3) is 11.8 Å². The highest BCUT2D eigenvalue weighted by Gasteiger charge is 2.02. The average molecular weight is 339 g/mol. The van der Waals surface area contributed by atoms with Crippen molar-refractivity contribution in [1.29, 1.82) is 0 Å². The van der Waals surface area contributed by atoms with Crippen LogP contribution in [-0.4, -0.2) is 12.8 Å². The second-order valence-corrected chi connectivity index (χ2v) is 5.70. The number of rotatable bonds is 7. The standard InChI is InChI=1S/C24H21NO/c1-2-17-26-24-16-10-9-15-22(24)19-25-23(21-13-7-4-8-14-21)18-20-11-5-3-6-12-20/h2-16,18-19H,1,17H2/b23-18-,25-19?. The Hall–Kier alpha value is -3.39. The third kappa shape index (κ3) is 4.81. The molecule has 0 atom stereocenters. The van der Waals surface area contributed by atoms with E-state index in [1.54, 1.807) is 6.08 Å². The Labute approximate surface area is 154 Å². The van der Waals surface area contributed by atoms with Crippen LogP contribution in [0.2, 0.25) is 0 Å². The molecule has 0 aromatic heterocycles. The molecule has 0 aliphatic heterocycles. The summed E-state index contributed by atoms with van der Waals surface area (Å²) >= 11 is 0. The number of hydrogen-bond donors (Lipinski definition) is 0. The second-order valence-electron chi connectivity index (χ2n) is 5.70. The van der Waals surface area contributed by atoms with E-state index in [0.29, 0.717) is 6.61 Å². The van der Waals surface area contributed by atoms with Crippen molar-refractivity contribution in [3.05, 3.63) is 114 Å². The molecule has 0 heterocycles. The first-order valence-corrected chi connectivity index (χ1v) is 8.56. The number of benzene rings is 3. The average Bonchev–Trinajstić information content (AvgIpc) is 2.71. The molecular formula is C24H21NO. The molecule has 2 nitrogen and oxygen atoms in total. The predicted octanol–water partition coefficient (Wildman–Crippen LogP) is 5.87. The maximum absolute atomic E-state index is 5.71. The molecular weight excluding hydrogens is 318 g/mol. The molecule has 128 valence electrons. The van der Waals surface area contributed by atoms with Crippen molar-refractivity contribution < 1.29 is 4.74 Å². The van der Waals surface area contributed by atoms with Crippen molar-refractivity contribution in [2.75, 3.05) is 6.61 Å². The molecule has 0 N–H and O–H groups in total. The van der Waals surface area contributed by atoms with Crippen molar-refractivity contribution in [2.45, 2.75) is 0 Å². The maximum atomic E-state index is 5.71. The van der Waals surface area contributed by atoms with Crippen LogP contribution >= 0.6 is 0 Å². The van der Waals surface area contributed by atoms with Gasteiger partial charge in [-0.05, 0) is 23.8 Å². The van der Waals surface area contributed by atoms with E-state index in [4.69, 9.17) is 9.73 Å². The summed E-state index contributed by atoms with van der Waals surface area (Å²) in [6, 6.07) is 28.2. The van der Waals surface area contributed by atoms with Gasteiger partial charge < -0.3 is 4.74 Å². The lowest BCUT2D eigenvalue weighted by Gasteiger charge is -2.07. The summed E-state index contributed by atoms with van der Waals surface area (Å²) in [5.41, 5.74) is 4.01. The summed E-state index contributed by atoms with van der Waals surface area (Å²) in [5.74, 6) is 0.795. The Kier molecular flexibility index (Phi) is 6.16. The summed E-state index contributed by atoms with van der Waals surface area (Å²) in [4.78, 5) is 4.76. The summed E-state index contributed by atoms with van der Waals surface area (Å²) < 4.78 is 5.71. The molecule has 3 aromatic rings. The molecule has 0 aliphatic rings. The van der Waals surface area contributed by atoms with E-state index in [0.717, 1.165) is 28.1 Å². The van der Waals surface area contributed by atoms with Crippen LogP contribution in [0.4, 0.5) is 0 Å². The third-order valence-corrected chi connectivity index (χ3v) is 3.79. The number of ether oxygens (including phenoxy) is 1. The lowest BCUT2D eigenvalue weighted by molar-refractivity contribution is 0.363. The van der Waals surface area contributed by atoms with E-state index in [-0.39, 0.29) is 0 Å². The SMILES string of the molecule is C=CCOc1ccccc1C=N/C(=C\c1ccccc1)c1ccccc1. The van der Waals surface area contributed by atoms with E-state index in [1.807, 2.05) is 66.9 Å². The van der Waals surface area contributed by atoms with Crippen LogP contribution in [0.5, 0.6) is 5.75 Å². The lowest BCUT2D eigenvalue weighted by atomic mass is 10.1. The number of nitrogens with zero attached hydrogens (tertiary/aromatic N) is 1. The largest absolute Gasteiger partial charge is 0.489 e. The van der Waals surface area contributed by atoms with Gasteiger partial charge in [0.1, 0.15) is 12.4 Å². The monoisotopic (exact) mass is 339 g/mol. The van der Waals surface area contributed by atoms with Crippen LogP contribution in [0, 0.1) is 0 Å². The van der Waals surface area contributed by atoms with Crippen molar-refractivity contribution in [3.63, 3.8) is 0 Å². The van der Waals surface area contributed by atoms with Gasteiger partial charge in [0.05, 0.1) is 5.70 Å². The Morgan fingerprint density at radius 3 is 2.23 bits per heavy atom. The predicted molar refractivity (Wildman–Crippen MR) is 110 cm³/mol. The topological polar surface area (TPSA) is 21.6 Å². The van der Waals surface area contributed by atoms with Crippen molar-refractivity contribution in [3.8, 4) is 5.75 Å². The first-order chi connectivity index (χ1) is 12.9. The van der Waals surface area contributed by atoms with Crippen LogP contribution in [0.1, 0.15) is 16.7 Å². The molecule has 0 saturated heterocycles. The molecule has 0 unspecified atom stereocenters. The van der Waals surface area contributed by atoms with Gasteiger partial charge in [0.2, 0.25) is 0 Å². The summed E-state index contributed by atoms with van der Waals surface area (Å²) in [5, 5.41) is 0. The van der Waals surface area contributed by atoms with Gasteiger partial charge in [-0.25, -0.2) is 0 Å². The molecule has 0 saturated carbocycles. The summed E-state index contributed by atoms with van der Waals surface area (Å²) in [6.07, 6.45) is 5.66. The quantitative estimate of drug-likeness (QED) is 0.300. The number of para-hydroxylation sites is 1. The zero-order valence-electron chi connectivity index (χ0n) is 14.6. The van der Waals surface area contributed by atoms with Gasteiger partial charge in [-0.1, -0.05) is 85.5 Å². The molecule has 0 fully saturated rings. The Morgan fingerprint density at radius 2 is 1.50 bits per heavy atom. The molecule has 0 bridgehead atoms. The number of aliphatic imine (C=N–C) groups is 1. The maximum Gasteiger partial charge on any atom is 0.128 e. The number of hydrogen-bond acceptors (Lipinski definition) is 2.